The number of rotatable bonds is 6. The molecule has 1 amide bonds. The zero-order valence-corrected chi connectivity index (χ0v) is 12.8. The van der Waals surface area contributed by atoms with Gasteiger partial charge in [-0.25, -0.2) is 4.98 Å². The number of nitrogens with zero attached hydrogens (tertiary/aromatic N) is 2. The van der Waals surface area contributed by atoms with E-state index in [0.29, 0.717) is 6.54 Å². The molecule has 0 radical (unpaired) electrons. The van der Waals surface area contributed by atoms with Gasteiger partial charge in [0.15, 0.2) is 0 Å². The quantitative estimate of drug-likeness (QED) is 0.852. The molecule has 20 heavy (non-hydrogen) atoms. The van der Waals surface area contributed by atoms with E-state index in [2.05, 4.69) is 21.7 Å². The van der Waals surface area contributed by atoms with Gasteiger partial charge in [0.05, 0.1) is 6.04 Å². The van der Waals surface area contributed by atoms with Crippen molar-refractivity contribution in [3.63, 3.8) is 0 Å². The summed E-state index contributed by atoms with van der Waals surface area (Å²) < 4.78 is 1.97. The lowest BCUT2D eigenvalue weighted by Gasteiger charge is -2.21. The molecule has 0 aromatic carbocycles. The van der Waals surface area contributed by atoms with Gasteiger partial charge in [0, 0.05) is 30.9 Å². The molecule has 0 saturated carbocycles. The Hall–Kier alpha value is -1.66. The molecule has 2 aromatic rings. The highest BCUT2D eigenvalue weighted by Crippen LogP contribution is 2.25. The number of hydrogen-bond acceptors (Lipinski definition) is 4. The maximum atomic E-state index is 11.9. The minimum absolute atomic E-state index is 0.00302. The van der Waals surface area contributed by atoms with Crippen LogP contribution in [0, 0.1) is 0 Å². The van der Waals surface area contributed by atoms with E-state index in [-0.39, 0.29) is 18.0 Å². The molecule has 2 atom stereocenters. The summed E-state index contributed by atoms with van der Waals surface area (Å²) in [6.07, 6.45) is 3.68. The monoisotopic (exact) mass is 292 g/mol. The van der Waals surface area contributed by atoms with Crippen LogP contribution in [0.25, 0.3) is 0 Å². The van der Waals surface area contributed by atoms with Crippen LogP contribution in [0.4, 0.5) is 0 Å². The molecule has 5 nitrogen and oxygen atoms in total. The van der Waals surface area contributed by atoms with Crippen LogP contribution in [0.5, 0.6) is 0 Å². The van der Waals surface area contributed by atoms with Gasteiger partial charge in [-0.05, 0) is 25.3 Å². The van der Waals surface area contributed by atoms with E-state index in [1.165, 1.54) is 0 Å². The summed E-state index contributed by atoms with van der Waals surface area (Å²) in [5.41, 5.74) is 0. The molecular weight excluding hydrogens is 272 g/mol. The van der Waals surface area contributed by atoms with Crippen LogP contribution in [0.1, 0.15) is 30.6 Å². The van der Waals surface area contributed by atoms with Gasteiger partial charge in [-0.15, -0.1) is 11.3 Å². The lowest BCUT2D eigenvalue weighted by molar-refractivity contribution is -0.122. The smallest absolute Gasteiger partial charge is 0.236 e. The van der Waals surface area contributed by atoms with Gasteiger partial charge in [0.2, 0.25) is 5.91 Å². The molecule has 0 aliphatic carbocycles. The molecule has 0 aliphatic heterocycles. The van der Waals surface area contributed by atoms with Crippen LogP contribution in [-0.4, -0.2) is 28.0 Å². The summed E-state index contributed by atoms with van der Waals surface area (Å²) in [7, 11) is 1.96. The molecule has 0 fully saturated rings. The summed E-state index contributed by atoms with van der Waals surface area (Å²) in [4.78, 5) is 17.5. The summed E-state index contributed by atoms with van der Waals surface area (Å²) in [5.74, 6) is 0.909. The Morgan fingerprint density at radius 3 is 2.90 bits per heavy atom. The minimum Gasteiger partial charge on any atom is -0.355 e. The number of carbonyl (C=O) groups is 1. The molecule has 2 heterocycles. The van der Waals surface area contributed by atoms with Crippen LogP contribution < -0.4 is 10.6 Å². The van der Waals surface area contributed by atoms with Crippen LogP contribution in [0.3, 0.4) is 0 Å². The Morgan fingerprint density at radius 1 is 1.55 bits per heavy atom. The van der Waals surface area contributed by atoms with Crippen molar-refractivity contribution in [3.8, 4) is 0 Å². The Kier molecular flexibility index (Phi) is 4.92. The van der Waals surface area contributed by atoms with E-state index in [9.17, 15) is 4.79 Å². The van der Waals surface area contributed by atoms with Crippen LogP contribution >= 0.6 is 11.3 Å². The molecule has 0 spiro atoms. The molecule has 2 aromatic heterocycles. The topological polar surface area (TPSA) is 59.0 Å². The molecule has 2 rings (SSSR count). The van der Waals surface area contributed by atoms with Crippen LogP contribution in [-0.2, 0) is 11.8 Å². The van der Waals surface area contributed by atoms with Crippen molar-refractivity contribution in [2.75, 3.05) is 6.54 Å². The number of thiophene rings is 1. The van der Waals surface area contributed by atoms with Gasteiger partial charge >= 0.3 is 0 Å². The van der Waals surface area contributed by atoms with Crippen LogP contribution in [0.2, 0.25) is 0 Å². The van der Waals surface area contributed by atoms with Crippen molar-refractivity contribution in [3.05, 3.63) is 40.6 Å². The largest absolute Gasteiger partial charge is 0.355 e. The molecule has 108 valence electrons. The number of amides is 1. The predicted molar refractivity (Wildman–Crippen MR) is 80.7 cm³/mol. The maximum absolute atomic E-state index is 11.9. The number of hydrogen-bond donors (Lipinski definition) is 2. The van der Waals surface area contributed by atoms with Crippen molar-refractivity contribution >= 4 is 17.2 Å². The number of likely N-dealkylation sites (N-methyl/N-ethyl adjacent to an activating group) is 1. The van der Waals surface area contributed by atoms with E-state index in [0.717, 1.165) is 10.7 Å². The highest BCUT2D eigenvalue weighted by atomic mass is 32.1. The number of carbonyl (C=O) groups excluding carboxylic acids is 1. The first-order valence-electron chi connectivity index (χ1n) is 6.67. The average molecular weight is 292 g/mol. The van der Waals surface area contributed by atoms with Gasteiger partial charge in [-0.3, -0.25) is 10.1 Å². The summed E-state index contributed by atoms with van der Waals surface area (Å²) in [6.45, 7) is 4.42. The second-order valence-corrected chi connectivity index (χ2v) is 5.61. The first-order valence-corrected chi connectivity index (χ1v) is 7.55. The van der Waals surface area contributed by atoms with Crippen molar-refractivity contribution in [1.82, 2.24) is 20.2 Å². The SMILES string of the molecule is CCNC(=O)C(C)NC(c1cccs1)c1nccn1C. The van der Waals surface area contributed by atoms with Crippen LogP contribution in [0.15, 0.2) is 29.9 Å². The predicted octanol–water partition coefficient (Wildman–Crippen LogP) is 1.69. The van der Waals surface area contributed by atoms with E-state index in [1.54, 1.807) is 17.5 Å². The molecule has 0 saturated heterocycles. The van der Waals surface area contributed by atoms with Crippen molar-refractivity contribution in [2.24, 2.45) is 7.05 Å². The van der Waals surface area contributed by atoms with E-state index in [4.69, 9.17) is 0 Å². The maximum Gasteiger partial charge on any atom is 0.236 e. The number of aryl methyl sites for hydroxylation is 1. The molecule has 2 unspecified atom stereocenters. The zero-order chi connectivity index (χ0) is 14.5. The summed E-state index contributed by atoms with van der Waals surface area (Å²) >= 11 is 1.66. The fraction of sp³-hybridized carbons (Fsp3) is 0.429. The number of nitrogens with one attached hydrogen (secondary N) is 2. The first-order chi connectivity index (χ1) is 9.63. The third-order valence-electron chi connectivity index (χ3n) is 3.11. The third kappa shape index (κ3) is 3.26. The molecule has 0 bridgehead atoms. The summed E-state index contributed by atoms with van der Waals surface area (Å²) in [6, 6.07) is 3.71. The zero-order valence-electron chi connectivity index (χ0n) is 12.0. The van der Waals surface area contributed by atoms with Crippen molar-refractivity contribution in [1.29, 1.82) is 0 Å². The third-order valence-corrected chi connectivity index (χ3v) is 4.04. The number of aromatic nitrogens is 2. The molecule has 6 heteroatoms. The first kappa shape index (κ1) is 14.7. The Morgan fingerprint density at radius 2 is 2.35 bits per heavy atom. The molecule has 0 aliphatic rings. The fourth-order valence-corrected chi connectivity index (χ4v) is 2.83. The highest BCUT2D eigenvalue weighted by molar-refractivity contribution is 7.10. The van der Waals surface area contributed by atoms with Crippen molar-refractivity contribution in [2.45, 2.75) is 25.9 Å². The normalized spacial score (nSPS) is 13.9. The lowest BCUT2D eigenvalue weighted by atomic mass is 10.2. The standard InChI is InChI=1S/C14H20N4OS/c1-4-15-14(19)10(2)17-12(11-6-5-9-20-11)13-16-7-8-18(13)3/h5-10,12,17H,4H2,1-3H3,(H,15,19). The lowest BCUT2D eigenvalue weighted by Crippen LogP contribution is -2.44. The Bertz CT molecular complexity index is 549. The van der Waals surface area contributed by atoms with Gasteiger partial charge in [0.25, 0.3) is 0 Å². The Balaban J connectivity index is 2.21. The minimum atomic E-state index is -0.279. The second kappa shape index (κ2) is 6.67. The van der Waals surface area contributed by atoms with Gasteiger partial charge in [-0.2, -0.15) is 0 Å². The van der Waals surface area contributed by atoms with Crippen molar-refractivity contribution < 1.29 is 4.79 Å². The van der Waals surface area contributed by atoms with E-state index < -0.39 is 0 Å². The van der Waals surface area contributed by atoms with E-state index >= 15 is 0 Å². The van der Waals surface area contributed by atoms with Gasteiger partial charge in [0.1, 0.15) is 11.9 Å². The van der Waals surface area contributed by atoms with Gasteiger partial charge < -0.3 is 9.88 Å². The Labute approximate surface area is 123 Å². The molecule has 2 N–H and O–H groups in total. The number of imidazole rings is 1. The fourth-order valence-electron chi connectivity index (χ4n) is 2.05. The van der Waals surface area contributed by atoms with E-state index in [1.807, 2.05) is 43.1 Å². The summed E-state index contributed by atoms with van der Waals surface area (Å²) in [5, 5.41) is 8.22. The highest BCUT2D eigenvalue weighted by Gasteiger charge is 2.23. The average Bonchev–Trinajstić information content (AvgIpc) is 3.07. The molecular formula is C14H20N4OS. The second-order valence-electron chi connectivity index (χ2n) is 4.63. The van der Waals surface area contributed by atoms with Gasteiger partial charge in [-0.1, -0.05) is 6.07 Å².